The topological polar surface area (TPSA) is 15.3 Å². The lowest BCUT2D eigenvalue weighted by molar-refractivity contribution is 0.189. The number of rotatable bonds is 4. The Morgan fingerprint density at radius 2 is 1.95 bits per heavy atom. The highest BCUT2D eigenvalue weighted by atomic mass is 35.5. The van der Waals surface area contributed by atoms with Gasteiger partial charge in [-0.15, -0.1) is 0 Å². The van der Waals surface area contributed by atoms with Gasteiger partial charge < -0.3 is 10.2 Å². The van der Waals surface area contributed by atoms with Gasteiger partial charge in [0, 0.05) is 29.2 Å². The van der Waals surface area contributed by atoms with Crippen molar-refractivity contribution in [3.05, 3.63) is 34.6 Å². The molecule has 3 rings (SSSR count). The van der Waals surface area contributed by atoms with Crippen LogP contribution in [0.15, 0.2) is 18.2 Å². The number of hydrogen-bond acceptors (Lipinski definition) is 2. The summed E-state index contributed by atoms with van der Waals surface area (Å²) in [5.41, 5.74) is 0.703. The van der Waals surface area contributed by atoms with Crippen molar-refractivity contribution >= 4 is 11.6 Å². The Hall–Kier alpha value is -0.640. The number of nitrogens with one attached hydrogen (secondary N) is 1. The lowest BCUT2D eigenvalue weighted by Gasteiger charge is -2.32. The summed E-state index contributed by atoms with van der Waals surface area (Å²) in [7, 11) is 0. The molecule has 19 heavy (non-hydrogen) atoms. The normalized spacial score (nSPS) is 21.8. The predicted octanol–water partition coefficient (Wildman–Crippen LogP) is 3.20. The minimum atomic E-state index is -0.213. The first-order valence-electron chi connectivity index (χ1n) is 7.14. The van der Waals surface area contributed by atoms with E-state index in [0.717, 1.165) is 6.04 Å². The molecule has 0 radical (unpaired) electrons. The average Bonchev–Trinajstić information content (AvgIpc) is 3.23. The molecule has 1 saturated carbocycles. The zero-order valence-corrected chi connectivity index (χ0v) is 11.8. The van der Waals surface area contributed by atoms with Gasteiger partial charge >= 0.3 is 0 Å². The highest BCUT2D eigenvalue weighted by molar-refractivity contribution is 6.30. The molecule has 1 aromatic carbocycles. The molecule has 2 nitrogen and oxygen atoms in total. The zero-order valence-electron chi connectivity index (χ0n) is 11.0. The van der Waals surface area contributed by atoms with E-state index in [0.29, 0.717) is 23.2 Å². The van der Waals surface area contributed by atoms with Crippen molar-refractivity contribution in [2.24, 2.45) is 0 Å². The smallest absolute Gasteiger partial charge is 0.129 e. The molecule has 1 saturated heterocycles. The SMILES string of the molecule is Fc1cc(Cl)ccc1CNC1CCN(C2CC2)CC1. The largest absolute Gasteiger partial charge is 0.310 e. The average molecular weight is 283 g/mol. The number of piperidine rings is 1. The van der Waals surface area contributed by atoms with Gasteiger partial charge in [0.1, 0.15) is 5.82 Å². The third-order valence-electron chi connectivity index (χ3n) is 4.19. The summed E-state index contributed by atoms with van der Waals surface area (Å²) in [6.45, 7) is 2.97. The van der Waals surface area contributed by atoms with Gasteiger partial charge in [-0.1, -0.05) is 17.7 Å². The highest BCUT2D eigenvalue weighted by Gasteiger charge is 2.31. The summed E-state index contributed by atoms with van der Waals surface area (Å²) < 4.78 is 13.6. The van der Waals surface area contributed by atoms with Crippen LogP contribution in [0, 0.1) is 5.82 Å². The van der Waals surface area contributed by atoms with E-state index in [1.807, 2.05) is 0 Å². The molecule has 104 valence electrons. The number of likely N-dealkylation sites (tertiary alicyclic amines) is 1. The maximum absolute atomic E-state index is 13.6. The van der Waals surface area contributed by atoms with Gasteiger partial charge in [-0.05, 0) is 50.9 Å². The Morgan fingerprint density at radius 3 is 2.58 bits per heavy atom. The van der Waals surface area contributed by atoms with Crippen LogP contribution in [0.1, 0.15) is 31.2 Å². The van der Waals surface area contributed by atoms with Crippen LogP contribution in [0.25, 0.3) is 0 Å². The van der Waals surface area contributed by atoms with E-state index in [4.69, 9.17) is 11.6 Å². The Kier molecular flexibility index (Phi) is 4.06. The maximum atomic E-state index is 13.6. The standard InChI is InChI=1S/C15H20ClFN2/c16-12-2-1-11(15(17)9-12)10-18-13-5-7-19(8-6-13)14-3-4-14/h1-2,9,13-14,18H,3-8,10H2. The van der Waals surface area contributed by atoms with Crippen LogP contribution >= 0.6 is 11.6 Å². The van der Waals surface area contributed by atoms with E-state index >= 15 is 0 Å². The van der Waals surface area contributed by atoms with Crippen LogP contribution in [0.4, 0.5) is 4.39 Å². The molecule has 0 spiro atoms. The molecule has 1 N–H and O–H groups in total. The van der Waals surface area contributed by atoms with Crippen LogP contribution in [0.5, 0.6) is 0 Å². The molecule has 0 aromatic heterocycles. The molecule has 2 aliphatic rings. The summed E-state index contributed by atoms with van der Waals surface area (Å²) >= 11 is 5.75. The quantitative estimate of drug-likeness (QED) is 0.912. The second kappa shape index (κ2) is 5.78. The number of nitrogens with zero attached hydrogens (tertiary/aromatic N) is 1. The van der Waals surface area contributed by atoms with E-state index in [2.05, 4.69) is 10.2 Å². The van der Waals surface area contributed by atoms with Gasteiger partial charge in [-0.25, -0.2) is 4.39 Å². The highest BCUT2D eigenvalue weighted by Crippen LogP contribution is 2.29. The number of benzene rings is 1. The Balaban J connectivity index is 1.47. The lowest BCUT2D eigenvalue weighted by Crippen LogP contribution is -2.43. The van der Waals surface area contributed by atoms with Crippen LogP contribution in [-0.2, 0) is 6.54 Å². The van der Waals surface area contributed by atoms with Gasteiger partial charge in [-0.2, -0.15) is 0 Å². The van der Waals surface area contributed by atoms with Gasteiger partial charge in [0.2, 0.25) is 0 Å². The molecular weight excluding hydrogens is 263 g/mol. The molecule has 1 heterocycles. The maximum Gasteiger partial charge on any atom is 0.129 e. The second-order valence-electron chi connectivity index (χ2n) is 5.66. The van der Waals surface area contributed by atoms with E-state index < -0.39 is 0 Å². The Morgan fingerprint density at radius 1 is 1.21 bits per heavy atom. The molecular formula is C15H20ClFN2. The van der Waals surface area contributed by atoms with Crippen LogP contribution in [0.3, 0.4) is 0 Å². The summed E-state index contributed by atoms with van der Waals surface area (Å²) in [5, 5.41) is 3.93. The minimum absolute atomic E-state index is 0.213. The van der Waals surface area contributed by atoms with Crippen molar-refractivity contribution < 1.29 is 4.39 Å². The Labute approximate surface area is 118 Å². The molecule has 1 aliphatic heterocycles. The van der Waals surface area contributed by atoms with Gasteiger partial charge in [0.05, 0.1) is 0 Å². The molecule has 1 aromatic rings. The second-order valence-corrected chi connectivity index (χ2v) is 6.09. The summed E-state index contributed by atoms with van der Waals surface area (Å²) in [5.74, 6) is -0.213. The fraction of sp³-hybridized carbons (Fsp3) is 0.600. The van der Waals surface area contributed by atoms with Crippen LogP contribution in [0.2, 0.25) is 5.02 Å². The third kappa shape index (κ3) is 3.47. The van der Waals surface area contributed by atoms with Crippen molar-refractivity contribution in [3.63, 3.8) is 0 Å². The number of halogens is 2. The van der Waals surface area contributed by atoms with Crippen molar-refractivity contribution in [1.82, 2.24) is 10.2 Å². The van der Waals surface area contributed by atoms with E-state index in [1.165, 1.54) is 44.8 Å². The molecule has 0 amide bonds. The monoisotopic (exact) mass is 282 g/mol. The third-order valence-corrected chi connectivity index (χ3v) is 4.42. The molecule has 1 aliphatic carbocycles. The summed E-state index contributed by atoms with van der Waals surface area (Å²) in [6, 6.07) is 6.29. The molecule has 4 heteroatoms. The molecule has 0 unspecified atom stereocenters. The van der Waals surface area contributed by atoms with E-state index in [9.17, 15) is 4.39 Å². The van der Waals surface area contributed by atoms with Gasteiger partial charge in [-0.3, -0.25) is 0 Å². The first-order valence-corrected chi connectivity index (χ1v) is 7.51. The Bertz CT molecular complexity index is 440. The van der Waals surface area contributed by atoms with Crippen LogP contribution < -0.4 is 5.32 Å². The van der Waals surface area contributed by atoms with Crippen molar-refractivity contribution in [2.75, 3.05) is 13.1 Å². The zero-order chi connectivity index (χ0) is 13.2. The van der Waals surface area contributed by atoms with Crippen molar-refractivity contribution in [1.29, 1.82) is 0 Å². The first kappa shape index (κ1) is 13.3. The van der Waals surface area contributed by atoms with Gasteiger partial charge in [0.25, 0.3) is 0 Å². The van der Waals surface area contributed by atoms with Crippen molar-refractivity contribution in [3.8, 4) is 0 Å². The molecule has 0 atom stereocenters. The summed E-state index contributed by atoms with van der Waals surface area (Å²) in [6.07, 6.45) is 5.11. The predicted molar refractivity (Wildman–Crippen MR) is 75.9 cm³/mol. The lowest BCUT2D eigenvalue weighted by atomic mass is 10.0. The molecule has 2 fully saturated rings. The molecule has 0 bridgehead atoms. The van der Waals surface area contributed by atoms with E-state index in [-0.39, 0.29) is 5.82 Å². The van der Waals surface area contributed by atoms with Crippen molar-refractivity contribution in [2.45, 2.75) is 44.3 Å². The first-order chi connectivity index (χ1) is 9.22. The van der Waals surface area contributed by atoms with Gasteiger partial charge in [0.15, 0.2) is 0 Å². The van der Waals surface area contributed by atoms with E-state index in [1.54, 1.807) is 12.1 Å². The number of hydrogen-bond donors (Lipinski definition) is 1. The fourth-order valence-corrected chi connectivity index (χ4v) is 2.99. The fourth-order valence-electron chi connectivity index (χ4n) is 2.83. The van der Waals surface area contributed by atoms with Crippen LogP contribution in [-0.4, -0.2) is 30.1 Å². The summed E-state index contributed by atoms with van der Waals surface area (Å²) in [4.78, 5) is 2.60. The minimum Gasteiger partial charge on any atom is -0.310 e.